The Morgan fingerprint density at radius 2 is 1.69 bits per heavy atom. The van der Waals surface area contributed by atoms with Crippen LogP contribution in [0.25, 0.3) is 21.8 Å². The first-order valence-electron chi connectivity index (χ1n) is 8.80. The van der Waals surface area contributed by atoms with Crippen molar-refractivity contribution in [2.45, 2.75) is 39.2 Å². The fourth-order valence-electron chi connectivity index (χ4n) is 3.38. The number of benzene rings is 2. The Kier molecular flexibility index (Phi) is 5.71. The molecule has 0 aliphatic rings. The molecule has 0 bridgehead atoms. The van der Waals surface area contributed by atoms with Gasteiger partial charge < -0.3 is 4.57 Å². The lowest BCUT2D eigenvalue weighted by Gasteiger charge is -2.07. The van der Waals surface area contributed by atoms with Crippen LogP contribution in [0.5, 0.6) is 0 Å². The van der Waals surface area contributed by atoms with Gasteiger partial charge in [-0.15, -0.1) is 0 Å². The molecule has 6 heteroatoms. The zero-order valence-electron chi connectivity index (χ0n) is 14.7. The number of nitrogens with zero attached hydrogens (tertiary/aromatic N) is 2. The molecule has 3 rings (SSSR count). The van der Waals surface area contributed by atoms with Crippen molar-refractivity contribution in [3.63, 3.8) is 0 Å². The number of hydrogen-bond donors (Lipinski definition) is 0. The monoisotopic (exact) mass is 416 g/mol. The van der Waals surface area contributed by atoms with Gasteiger partial charge in [0.25, 0.3) is 5.69 Å². The topological polar surface area (TPSA) is 65.1 Å². The number of rotatable bonds is 8. The molecule has 0 aliphatic heterocycles. The van der Waals surface area contributed by atoms with Crippen LogP contribution in [0, 0.1) is 10.1 Å². The van der Waals surface area contributed by atoms with Crippen LogP contribution in [0.15, 0.2) is 36.4 Å². The zero-order valence-corrected chi connectivity index (χ0v) is 16.3. The fourth-order valence-corrected chi connectivity index (χ4v) is 3.78. The number of halogens is 1. The second kappa shape index (κ2) is 7.99. The van der Waals surface area contributed by atoms with E-state index in [1.807, 2.05) is 24.3 Å². The molecule has 136 valence electrons. The third-order valence-corrected chi connectivity index (χ3v) is 5.29. The summed E-state index contributed by atoms with van der Waals surface area (Å²) in [5, 5.41) is 13.9. The fraction of sp³-hybridized carbons (Fsp3) is 0.350. The Morgan fingerprint density at radius 1 is 1.04 bits per heavy atom. The number of alkyl halides is 1. The lowest BCUT2D eigenvalue weighted by atomic mass is 10.1. The lowest BCUT2D eigenvalue weighted by molar-refractivity contribution is -0.384. The minimum atomic E-state index is -0.377. The summed E-state index contributed by atoms with van der Waals surface area (Å²) in [5.74, 6) is -0.00648. The van der Waals surface area contributed by atoms with Gasteiger partial charge in [0.05, 0.1) is 4.92 Å². The second-order valence-electron chi connectivity index (χ2n) is 6.50. The van der Waals surface area contributed by atoms with E-state index in [-0.39, 0.29) is 16.4 Å². The predicted molar refractivity (Wildman–Crippen MR) is 108 cm³/mol. The molecule has 26 heavy (non-hydrogen) atoms. The smallest absolute Gasteiger partial charge is 0.270 e. The molecule has 0 atom stereocenters. The average molecular weight is 417 g/mol. The highest BCUT2D eigenvalue weighted by Gasteiger charge is 2.15. The van der Waals surface area contributed by atoms with E-state index in [0.29, 0.717) is 5.56 Å². The third kappa shape index (κ3) is 3.65. The van der Waals surface area contributed by atoms with Crippen molar-refractivity contribution in [2.75, 3.05) is 5.33 Å². The number of ketones is 1. The van der Waals surface area contributed by atoms with Crippen molar-refractivity contribution in [2.24, 2.45) is 0 Å². The molecule has 5 nitrogen and oxygen atoms in total. The summed E-state index contributed by atoms with van der Waals surface area (Å²) in [6, 6.07) is 10.6. The second-order valence-corrected chi connectivity index (χ2v) is 7.29. The number of aryl methyl sites for hydroxylation is 1. The highest BCUT2D eigenvalue weighted by atomic mass is 79.9. The summed E-state index contributed by atoms with van der Waals surface area (Å²) in [5.41, 5.74) is 2.69. The van der Waals surface area contributed by atoms with Gasteiger partial charge in [-0.3, -0.25) is 14.9 Å². The van der Waals surface area contributed by atoms with E-state index in [2.05, 4.69) is 20.5 Å². The standard InChI is InChI=1S/C20H21BrN2O3/c1-14(24)15-6-8-19-17(12-15)18-13-16(23(25)26)7-9-20(18)22(19)11-5-3-2-4-10-21/h6-9,12-13H,2-5,10-11H2,1H3. The Balaban J connectivity index is 2.09. The summed E-state index contributed by atoms with van der Waals surface area (Å²) in [4.78, 5) is 22.6. The molecular formula is C20H21BrN2O3. The molecule has 0 fully saturated rings. The lowest BCUT2D eigenvalue weighted by Crippen LogP contribution is -1.98. The molecule has 1 aromatic heterocycles. The zero-order chi connectivity index (χ0) is 18.7. The Hall–Kier alpha value is -2.21. The predicted octanol–water partition coefficient (Wildman–Crippen LogP) is 5.86. The van der Waals surface area contributed by atoms with E-state index in [9.17, 15) is 14.9 Å². The number of nitro benzene ring substituents is 1. The summed E-state index contributed by atoms with van der Waals surface area (Å²) >= 11 is 3.45. The number of non-ortho nitro benzene ring substituents is 1. The van der Waals surface area contributed by atoms with E-state index >= 15 is 0 Å². The summed E-state index contributed by atoms with van der Waals surface area (Å²) in [7, 11) is 0. The van der Waals surface area contributed by atoms with Gasteiger partial charge in [-0.25, -0.2) is 0 Å². The van der Waals surface area contributed by atoms with Gasteiger partial charge in [0, 0.05) is 51.4 Å². The number of aromatic nitrogens is 1. The van der Waals surface area contributed by atoms with Gasteiger partial charge in [0.1, 0.15) is 0 Å². The van der Waals surface area contributed by atoms with E-state index in [1.165, 1.54) is 19.8 Å². The van der Waals surface area contributed by atoms with Gasteiger partial charge >= 0.3 is 0 Å². The quantitative estimate of drug-likeness (QED) is 0.152. The average Bonchev–Trinajstić information content (AvgIpc) is 2.94. The largest absolute Gasteiger partial charge is 0.340 e. The molecule has 0 saturated heterocycles. The first-order valence-corrected chi connectivity index (χ1v) is 9.92. The van der Waals surface area contributed by atoms with E-state index in [4.69, 9.17) is 0 Å². The number of unbranched alkanes of at least 4 members (excludes halogenated alkanes) is 3. The van der Waals surface area contributed by atoms with Gasteiger partial charge in [-0.1, -0.05) is 28.8 Å². The van der Waals surface area contributed by atoms with Crippen LogP contribution in [-0.2, 0) is 6.54 Å². The van der Waals surface area contributed by atoms with Gasteiger partial charge in [-0.05, 0) is 44.0 Å². The third-order valence-electron chi connectivity index (χ3n) is 4.73. The van der Waals surface area contributed by atoms with E-state index in [0.717, 1.165) is 46.5 Å². The number of nitro groups is 1. The highest BCUT2D eigenvalue weighted by Crippen LogP contribution is 2.33. The van der Waals surface area contributed by atoms with Crippen LogP contribution in [0.2, 0.25) is 0 Å². The molecule has 0 unspecified atom stereocenters. The van der Waals surface area contributed by atoms with Crippen molar-refractivity contribution in [1.29, 1.82) is 0 Å². The van der Waals surface area contributed by atoms with E-state index in [1.54, 1.807) is 12.1 Å². The van der Waals surface area contributed by atoms with Crippen molar-refractivity contribution < 1.29 is 9.72 Å². The van der Waals surface area contributed by atoms with Crippen molar-refractivity contribution in [3.8, 4) is 0 Å². The number of hydrogen-bond acceptors (Lipinski definition) is 3. The molecule has 3 aromatic rings. The number of carbonyl (C=O) groups is 1. The van der Waals surface area contributed by atoms with Gasteiger partial charge in [0.2, 0.25) is 0 Å². The van der Waals surface area contributed by atoms with Crippen LogP contribution in [0.1, 0.15) is 43.0 Å². The minimum absolute atomic E-state index is 0.00648. The number of Topliss-reactive ketones (excluding diaryl/α,β-unsaturated/α-hetero) is 1. The molecule has 0 amide bonds. The van der Waals surface area contributed by atoms with Crippen LogP contribution in [0.3, 0.4) is 0 Å². The van der Waals surface area contributed by atoms with Gasteiger partial charge in [-0.2, -0.15) is 0 Å². The molecular weight excluding hydrogens is 396 g/mol. The molecule has 0 spiro atoms. The van der Waals surface area contributed by atoms with Crippen LogP contribution >= 0.6 is 15.9 Å². The Labute approximate surface area is 160 Å². The van der Waals surface area contributed by atoms with Crippen molar-refractivity contribution in [1.82, 2.24) is 4.57 Å². The normalized spacial score (nSPS) is 11.3. The molecule has 0 radical (unpaired) electrons. The summed E-state index contributed by atoms with van der Waals surface area (Å²) < 4.78 is 2.21. The van der Waals surface area contributed by atoms with Crippen LogP contribution in [-0.4, -0.2) is 20.6 Å². The minimum Gasteiger partial charge on any atom is -0.340 e. The maximum atomic E-state index is 11.8. The summed E-state index contributed by atoms with van der Waals surface area (Å²) in [6.45, 7) is 2.40. The maximum Gasteiger partial charge on any atom is 0.270 e. The summed E-state index contributed by atoms with van der Waals surface area (Å²) in [6.07, 6.45) is 4.55. The molecule has 0 aliphatic carbocycles. The van der Waals surface area contributed by atoms with Gasteiger partial charge in [0.15, 0.2) is 5.78 Å². The van der Waals surface area contributed by atoms with E-state index < -0.39 is 0 Å². The molecule has 0 saturated carbocycles. The SMILES string of the molecule is CC(=O)c1ccc2c(c1)c1cc([N+](=O)[O-])ccc1n2CCCCCCBr. The molecule has 0 N–H and O–H groups in total. The highest BCUT2D eigenvalue weighted by molar-refractivity contribution is 9.09. The van der Waals surface area contributed by atoms with Crippen molar-refractivity contribution >= 4 is 49.2 Å². The molecule has 1 heterocycles. The van der Waals surface area contributed by atoms with Crippen LogP contribution in [0.4, 0.5) is 5.69 Å². The van der Waals surface area contributed by atoms with Crippen LogP contribution < -0.4 is 0 Å². The first-order chi connectivity index (χ1) is 12.5. The Bertz CT molecular complexity index is 907. The number of fused-ring (bicyclic) bond motifs is 3. The Morgan fingerprint density at radius 3 is 2.35 bits per heavy atom. The van der Waals surface area contributed by atoms with Crippen molar-refractivity contribution in [3.05, 3.63) is 52.1 Å². The molecule has 2 aromatic carbocycles. The number of carbonyl (C=O) groups excluding carboxylic acids is 1. The first kappa shape index (κ1) is 18.6. The maximum absolute atomic E-state index is 11.8.